The first-order valence-electron chi connectivity index (χ1n) is 10.2. The number of nitrogens with one attached hydrogen (secondary N) is 2. The SMILES string of the molecule is O=C(Cc1ccc(Cl)cc1)N[C@H](Cc1ccc(Cl)cc1)C(=O)NC1CCC(O)CC1. The Labute approximate surface area is 186 Å². The number of hydrogen-bond donors (Lipinski definition) is 3. The van der Waals surface area contributed by atoms with Crippen LogP contribution in [0.1, 0.15) is 36.8 Å². The molecule has 2 aromatic rings. The Hall–Kier alpha value is -2.08. The van der Waals surface area contributed by atoms with Crippen LogP contribution >= 0.6 is 23.2 Å². The molecule has 0 spiro atoms. The van der Waals surface area contributed by atoms with E-state index in [1.54, 1.807) is 36.4 Å². The van der Waals surface area contributed by atoms with Gasteiger partial charge in [0.2, 0.25) is 11.8 Å². The van der Waals surface area contributed by atoms with Crippen LogP contribution in [-0.2, 0) is 22.4 Å². The lowest BCUT2D eigenvalue weighted by Gasteiger charge is -2.28. The molecule has 3 N–H and O–H groups in total. The van der Waals surface area contributed by atoms with Crippen molar-refractivity contribution in [2.45, 2.75) is 56.7 Å². The number of amides is 2. The summed E-state index contributed by atoms with van der Waals surface area (Å²) in [5.41, 5.74) is 1.73. The van der Waals surface area contributed by atoms with Crippen LogP contribution in [0.5, 0.6) is 0 Å². The first-order chi connectivity index (χ1) is 14.4. The van der Waals surface area contributed by atoms with Crippen molar-refractivity contribution in [2.75, 3.05) is 0 Å². The fraction of sp³-hybridized carbons (Fsp3) is 0.391. The molecule has 160 valence electrons. The topological polar surface area (TPSA) is 78.4 Å². The quantitative estimate of drug-likeness (QED) is 0.604. The van der Waals surface area contributed by atoms with Gasteiger partial charge in [-0.2, -0.15) is 0 Å². The molecule has 30 heavy (non-hydrogen) atoms. The maximum Gasteiger partial charge on any atom is 0.243 e. The highest BCUT2D eigenvalue weighted by atomic mass is 35.5. The van der Waals surface area contributed by atoms with Crippen molar-refractivity contribution in [3.05, 3.63) is 69.7 Å². The fourth-order valence-corrected chi connectivity index (χ4v) is 3.87. The van der Waals surface area contributed by atoms with Crippen LogP contribution in [0.4, 0.5) is 0 Å². The minimum Gasteiger partial charge on any atom is -0.393 e. The van der Waals surface area contributed by atoms with E-state index in [-0.39, 0.29) is 30.4 Å². The summed E-state index contributed by atoms with van der Waals surface area (Å²) in [7, 11) is 0. The van der Waals surface area contributed by atoms with Crippen LogP contribution in [0.3, 0.4) is 0 Å². The molecule has 5 nitrogen and oxygen atoms in total. The van der Waals surface area contributed by atoms with Crippen molar-refractivity contribution < 1.29 is 14.7 Å². The van der Waals surface area contributed by atoms with Crippen LogP contribution in [0.25, 0.3) is 0 Å². The van der Waals surface area contributed by atoms with Crippen molar-refractivity contribution in [3.63, 3.8) is 0 Å². The predicted molar refractivity (Wildman–Crippen MR) is 119 cm³/mol. The van der Waals surface area contributed by atoms with E-state index in [1.165, 1.54) is 0 Å². The van der Waals surface area contributed by atoms with Gasteiger partial charge in [-0.05, 0) is 61.1 Å². The Morgan fingerprint density at radius 2 is 1.43 bits per heavy atom. The summed E-state index contributed by atoms with van der Waals surface area (Å²) in [5, 5.41) is 16.8. The van der Waals surface area contributed by atoms with E-state index >= 15 is 0 Å². The normalized spacial score (nSPS) is 19.7. The van der Waals surface area contributed by atoms with Crippen molar-refractivity contribution >= 4 is 35.0 Å². The maximum absolute atomic E-state index is 13.0. The molecule has 0 saturated heterocycles. The van der Waals surface area contributed by atoms with Gasteiger partial charge >= 0.3 is 0 Å². The Kier molecular flexibility index (Phi) is 8.14. The molecule has 0 heterocycles. The first-order valence-corrected chi connectivity index (χ1v) is 10.9. The van der Waals surface area contributed by atoms with Gasteiger partial charge in [0.05, 0.1) is 12.5 Å². The van der Waals surface area contributed by atoms with Crippen LogP contribution in [-0.4, -0.2) is 35.1 Å². The highest BCUT2D eigenvalue weighted by Gasteiger charge is 2.26. The number of benzene rings is 2. The number of carbonyl (C=O) groups is 2. The minimum absolute atomic E-state index is 0.0155. The maximum atomic E-state index is 13.0. The number of aliphatic hydroxyl groups is 1. The van der Waals surface area contributed by atoms with Gasteiger partial charge in [-0.1, -0.05) is 47.5 Å². The lowest BCUT2D eigenvalue weighted by atomic mass is 9.92. The molecule has 1 atom stereocenters. The summed E-state index contributed by atoms with van der Waals surface area (Å²) in [6.45, 7) is 0. The molecule has 2 amide bonds. The summed E-state index contributed by atoms with van der Waals surface area (Å²) in [6, 6.07) is 13.6. The average Bonchev–Trinajstić information content (AvgIpc) is 2.72. The third-order valence-corrected chi connectivity index (χ3v) is 5.83. The van der Waals surface area contributed by atoms with Crippen LogP contribution in [0, 0.1) is 0 Å². The van der Waals surface area contributed by atoms with E-state index in [0.29, 0.717) is 29.3 Å². The molecule has 0 aromatic heterocycles. The molecular weight excluding hydrogens is 423 g/mol. The molecule has 0 unspecified atom stereocenters. The first kappa shape index (κ1) is 22.6. The molecule has 7 heteroatoms. The zero-order chi connectivity index (χ0) is 21.5. The zero-order valence-electron chi connectivity index (χ0n) is 16.6. The summed E-state index contributed by atoms with van der Waals surface area (Å²) < 4.78 is 0. The van der Waals surface area contributed by atoms with Crippen LogP contribution in [0.2, 0.25) is 10.0 Å². The van der Waals surface area contributed by atoms with E-state index in [4.69, 9.17) is 23.2 Å². The average molecular weight is 449 g/mol. The molecule has 0 aliphatic heterocycles. The van der Waals surface area contributed by atoms with Crippen LogP contribution < -0.4 is 10.6 Å². The fourth-order valence-electron chi connectivity index (χ4n) is 3.62. The molecule has 0 bridgehead atoms. The van der Waals surface area contributed by atoms with Gasteiger partial charge in [-0.15, -0.1) is 0 Å². The summed E-state index contributed by atoms with van der Waals surface area (Å²) in [6.07, 6.45) is 3.06. The summed E-state index contributed by atoms with van der Waals surface area (Å²) in [5.74, 6) is -0.443. The third kappa shape index (κ3) is 7.01. The Morgan fingerprint density at radius 1 is 0.900 bits per heavy atom. The van der Waals surface area contributed by atoms with Crippen LogP contribution in [0.15, 0.2) is 48.5 Å². The van der Waals surface area contributed by atoms with Crippen molar-refractivity contribution in [3.8, 4) is 0 Å². The van der Waals surface area contributed by atoms with Crippen molar-refractivity contribution in [1.82, 2.24) is 10.6 Å². The molecule has 0 radical (unpaired) electrons. The zero-order valence-corrected chi connectivity index (χ0v) is 18.1. The van der Waals surface area contributed by atoms with Gasteiger partial charge in [0, 0.05) is 22.5 Å². The molecular formula is C23H26Cl2N2O3. The highest BCUT2D eigenvalue weighted by Crippen LogP contribution is 2.19. The van der Waals surface area contributed by atoms with Gasteiger partial charge in [0.25, 0.3) is 0 Å². The molecule has 1 aliphatic rings. The van der Waals surface area contributed by atoms with Gasteiger partial charge in [-0.25, -0.2) is 0 Å². The lowest BCUT2D eigenvalue weighted by molar-refractivity contribution is -0.129. The second-order valence-corrected chi connectivity index (χ2v) is 8.64. The molecule has 1 fully saturated rings. The van der Waals surface area contributed by atoms with E-state index in [2.05, 4.69) is 10.6 Å². The van der Waals surface area contributed by atoms with Gasteiger partial charge in [0.15, 0.2) is 0 Å². The molecule has 1 saturated carbocycles. The largest absolute Gasteiger partial charge is 0.393 e. The Balaban J connectivity index is 1.65. The number of aliphatic hydroxyl groups excluding tert-OH is 1. The Bertz CT molecular complexity index is 848. The smallest absolute Gasteiger partial charge is 0.243 e. The summed E-state index contributed by atoms with van der Waals surface area (Å²) in [4.78, 5) is 25.6. The van der Waals surface area contributed by atoms with Gasteiger partial charge in [-0.3, -0.25) is 9.59 Å². The lowest BCUT2D eigenvalue weighted by Crippen LogP contribution is -2.51. The third-order valence-electron chi connectivity index (χ3n) is 5.33. The van der Waals surface area contributed by atoms with Crippen molar-refractivity contribution in [1.29, 1.82) is 0 Å². The molecule has 1 aliphatic carbocycles. The number of rotatable bonds is 7. The van der Waals surface area contributed by atoms with E-state index in [0.717, 1.165) is 24.0 Å². The van der Waals surface area contributed by atoms with E-state index in [1.807, 2.05) is 12.1 Å². The van der Waals surface area contributed by atoms with Gasteiger partial charge < -0.3 is 15.7 Å². The van der Waals surface area contributed by atoms with Crippen molar-refractivity contribution in [2.24, 2.45) is 0 Å². The summed E-state index contributed by atoms with van der Waals surface area (Å²) >= 11 is 11.9. The highest BCUT2D eigenvalue weighted by molar-refractivity contribution is 6.30. The Morgan fingerprint density at radius 3 is 2.00 bits per heavy atom. The monoisotopic (exact) mass is 448 g/mol. The van der Waals surface area contributed by atoms with E-state index < -0.39 is 6.04 Å². The second-order valence-electron chi connectivity index (χ2n) is 7.77. The molecule has 3 rings (SSSR count). The van der Waals surface area contributed by atoms with Gasteiger partial charge in [0.1, 0.15) is 6.04 Å². The standard InChI is InChI=1S/C23H26Cl2N2O3/c24-17-5-1-15(2-6-17)13-21(23(30)26-19-9-11-20(28)12-10-19)27-22(29)14-16-3-7-18(25)8-4-16/h1-8,19-21,28H,9-14H2,(H,26,30)(H,27,29)/t19?,20?,21-/m1/s1. The number of carbonyl (C=O) groups excluding carboxylic acids is 2. The van der Waals surface area contributed by atoms with E-state index in [9.17, 15) is 14.7 Å². The second kappa shape index (κ2) is 10.8. The predicted octanol–water partition coefficient (Wildman–Crippen LogP) is 3.68. The number of halogens is 2. The molecule has 2 aromatic carbocycles. The number of hydrogen-bond acceptors (Lipinski definition) is 3. The minimum atomic E-state index is -0.696.